The topological polar surface area (TPSA) is 29.1 Å². The molecule has 1 heterocycles. The lowest BCUT2D eigenvalue weighted by molar-refractivity contribution is -0.121. The summed E-state index contributed by atoms with van der Waals surface area (Å²) in [5.41, 5.74) is 0.195. The highest BCUT2D eigenvalue weighted by molar-refractivity contribution is 8.00. The van der Waals surface area contributed by atoms with Crippen LogP contribution in [0.25, 0.3) is 0 Å². The first kappa shape index (κ1) is 12.6. The van der Waals surface area contributed by atoms with Crippen molar-refractivity contribution in [1.82, 2.24) is 5.32 Å². The molecule has 4 heteroatoms. The molecular weight excluding hydrogens is 242 g/mol. The number of hydrogen-bond donors (Lipinski definition) is 1. The Hall–Kier alpha value is 0.110. The zero-order chi connectivity index (χ0) is 11.4. The Kier molecular flexibility index (Phi) is 4.42. The minimum absolute atomic E-state index is 0.195. The minimum atomic E-state index is 0.195. The molecule has 16 heavy (non-hydrogen) atoms. The first-order valence-electron chi connectivity index (χ1n) is 6.21. The smallest absolute Gasteiger partial charge is 0.233 e. The second-order valence-corrected chi connectivity index (χ2v) is 6.64. The van der Waals surface area contributed by atoms with Crippen molar-refractivity contribution in [3.63, 3.8) is 0 Å². The summed E-state index contributed by atoms with van der Waals surface area (Å²) < 4.78 is 0. The van der Waals surface area contributed by atoms with Crippen molar-refractivity contribution in [2.24, 2.45) is 5.41 Å². The highest BCUT2D eigenvalue weighted by atomic mass is 35.5. The molecule has 0 aromatic heterocycles. The molecule has 0 radical (unpaired) electrons. The van der Waals surface area contributed by atoms with Gasteiger partial charge in [-0.25, -0.2) is 0 Å². The van der Waals surface area contributed by atoms with Gasteiger partial charge in [0.2, 0.25) is 5.91 Å². The van der Waals surface area contributed by atoms with Gasteiger partial charge < -0.3 is 5.32 Å². The third kappa shape index (κ3) is 2.86. The van der Waals surface area contributed by atoms with E-state index in [1.807, 2.05) is 0 Å². The van der Waals surface area contributed by atoms with Crippen LogP contribution in [0.2, 0.25) is 0 Å². The number of amides is 1. The molecule has 0 bridgehead atoms. The molecule has 2 rings (SSSR count). The van der Waals surface area contributed by atoms with Gasteiger partial charge in [-0.3, -0.25) is 4.79 Å². The van der Waals surface area contributed by atoms with E-state index in [1.54, 1.807) is 11.8 Å². The van der Waals surface area contributed by atoms with Crippen molar-refractivity contribution in [1.29, 1.82) is 0 Å². The van der Waals surface area contributed by atoms with Crippen molar-refractivity contribution in [3.05, 3.63) is 0 Å². The molecule has 1 amide bonds. The highest BCUT2D eigenvalue weighted by Crippen LogP contribution is 2.38. The maximum absolute atomic E-state index is 11.9. The fourth-order valence-corrected chi connectivity index (χ4v) is 4.20. The first-order chi connectivity index (χ1) is 7.76. The molecule has 1 saturated heterocycles. The number of halogens is 1. The maximum atomic E-state index is 11.9. The van der Waals surface area contributed by atoms with E-state index in [0.717, 1.165) is 18.7 Å². The Morgan fingerprint density at radius 2 is 2.12 bits per heavy atom. The van der Waals surface area contributed by atoms with Gasteiger partial charge in [0.15, 0.2) is 0 Å². The van der Waals surface area contributed by atoms with Crippen LogP contribution < -0.4 is 5.32 Å². The van der Waals surface area contributed by atoms with Crippen LogP contribution in [0.4, 0.5) is 0 Å². The highest BCUT2D eigenvalue weighted by Gasteiger charge is 2.34. The van der Waals surface area contributed by atoms with Crippen LogP contribution in [0.15, 0.2) is 0 Å². The van der Waals surface area contributed by atoms with E-state index in [9.17, 15) is 4.79 Å². The van der Waals surface area contributed by atoms with Crippen LogP contribution in [0.1, 0.15) is 38.5 Å². The van der Waals surface area contributed by atoms with Crippen LogP contribution in [0.5, 0.6) is 0 Å². The van der Waals surface area contributed by atoms with Crippen molar-refractivity contribution in [2.75, 3.05) is 18.2 Å². The van der Waals surface area contributed by atoms with Crippen molar-refractivity contribution < 1.29 is 4.79 Å². The summed E-state index contributed by atoms with van der Waals surface area (Å²) in [5, 5.41) is 3.32. The monoisotopic (exact) mass is 261 g/mol. The average Bonchev–Trinajstić information content (AvgIpc) is 2.98. The zero-order valence-corrected chi connectivity index (χ0v) is 11.2. The first-order valence-corrected chi connectivity index (χ1v) is 7.79. The summed E-state index contributed by atoms with van der Waals surface area (Å²) in [7, 11) is 0. The van der Waals surface area contributed by atoms with E-state index in [2.05, 4.69) is 5.32 Å². The van der Waals surface area contributed by atoms with Gasteiger partial charge in [-0.1, -0.05) is 12.8 Å². The standard InChI is InChI=1S/C12H20ClNOS/c13-8-12(5-1-2-6-12)9-14-11(15)10-4-3-7-16-10/h10H,1-9H2,(H,14,15). The van der Waals surface area contributed by atoms with E-state index in [0.29, 0.717) is 5.88 Å². The molecule has 0 spiro atoms. The molecule has 2 aliphatic rings. The van der Waals surface area contributed by atoms with Crippen LogP contribution in [-0.4, -0.2) is 29.3 Å². The van der Waals surface area contributed by atoms with E-state index in [4.69, 9.17) is 11.6 Å². The summed E-state index contributed by atoms with van der Waals surface area (Å²) in [6.45, 7) is 0.784. The molecule has 0 aromatic carbocycles. The van der Waals surface area contributed by atoms with Crippen LogP contribution in [-0.2, 0) is 4.79 Å². The van der Waals surface area contributed by atoms with Crippen molar-refractivity contribution in [3.8, 4) is 0 Å². The van der Waals surface area contributed by atoms with Crippen LogP contribution in [0, 0.1) is 5.41 Å². The number of carbonyl (C=O) groups excluding carboxylic acids is 1. The van der Waals surface area contributed by atoms with Gasteiger partial charge in [0.25, 0.3) is 0 Å². The molecule has 1 N–H and O–H groups in total. The molecule has 92 valence electrons. The zero-order valence-electron chi connectivity index (χ0n) is 9.64. The fourth-order valence-electron chi connectivity index (χ4n) is 2.66. The molecule has 2 nitrogen and oxygen atoms in total. The Morgan fingerprint density at radius 3 is 2.69 bits per heavy atom. The molecular formula is C12H20ClNOS. The van der Waals surface area contributed by atoms with Crippen LogP contribution in [0.3, 0.4) is 0 Å². The normalized spacial score (nSPS) is 28.2. The van der Waals surface area contributed by atoms with Crippen molar-refractivity contribution >= 4 is 29.3 Å². The Bertz CT molecular complexity index is 247. The third-order valence-corrected chi connectivity index (χ3v) is 5.75. The molecule has 1 aliphatic heterocycles. The fraction of sp³-hybridized carbons (Fsp3) is 0.917. The number of thioether (sulfide) groups is 1. The lowest BCUT2D eigenvalue weighted by Crippen LogP contribution is -2.40. The Morgan fingerprint density at radius 1 is 1.38 bits per heavy atom. The summed E-state index contributed by atoms with van der Waals surface area (Å²) in [6, 6.07) is 0. The van der Waals surface area contributed by atoms with Gasteiger partial charge in [0, 0.05) is 17.8 Å². The quantitative estimate of drug-likeness (QED) is 0.789. The Balaban J connectivity index is 1.79. The molecule has 2 fully saturated rings. The minimum Gasteiger partial charge on any atom is -0.355 e. The second-order valence-electron chi connectivity index (χ2n) is 5.06. The number of rotatable bonds is 4. The molecule has 1 aliphatic carbocycles. The SMILES string of the molecule is O=C(NCC1(CCl)CCCC1)C1CCCS1. The third-order valence-electron chi connectivity index (χ3n) is 3.81. The van der Waals surface area contributed by atoms with Gasteiger partial charge >= 0.3 is 0 Å². The lowest BCUT2D eigenvalue weighted by Gasteiger charge is -2.27. The van der Waals surface area contributed by atoms with Gasteiger partial charge in [-0.15, -0.1) is 23.4 Å². The van der Waals surface area contributed by atoms with Crippen molar-refractivity contribution in [2.45, 2.75) is 43.8 Å². The predicted octanol–water partition coefficient (Wildman–Crippen LogP) is 2.80. The van der Waals surface area contributed by atoms with Gasteiger partial charge in [0.05, 0.1) is 5.25 Å². The molecule has 1 saturated carbocycles. The molecule has 0 aromatic rings. The van der Waals surface area contributed by atoms with E-state index < -0.39 is 0 Å². The van der Waals surface area contributed by atoms with Crippen LogP contribution >= 0.6 is 23.4 Å². The van der Waals surface area contributed by atoms with Gasteiger partial charge in [-0.05, 0) is 31.4 Å². The van der Waals surface area contributed by atoms with E-state index >= 15 is 0 Å². The number of alkyl halides is 1. The lowest BCUT2D eigenvalue weighted by atomic mass is 9.88. The maximum Gasteiger partial charge on any atom is 0.233 e. The summed E-state index contributed by atoms with van der Waals surface area (Å²) in [6.07, 6.45) is 7.11. The number of carbonyl (C=O) groups is 1. The largest absolute Gasteiger partial charge is 0.355 e. The van der Waals surface area contributed by atoms with E-state index in [1.165, 1.54) is 32.1 Å². The summed E-state index contributed by atoms with van der Waals surface area (Å²) in [5.74, 6) is 2.06. The molecule has 1 atom stereocenters. The predicted molar refractivity (Wildman–Crippen MR) is 70.1 cm³/mol. The van der Waals surface area contributed by atoms with Gasteiger partial charge in [0.1, 0.15) is 0 Å². The van der Waals surface area contributed by atoms with Gasteiger partial charge in [-0.2, -0.15) is 0 Å². The molecule has 1 unspecified atom stereocenters. The van der Waals surface area contributed by atoms with E-state index in [-0.39, 0.29) is 16.6 Å². The second kappa shape index (κ2) is 5.63. The summed E-state index contributed by atoms with van der Waals surface area (Å²) >= 11 is 7.85. The average molecular weight is 262 g/mol. The Labute approximate surface area is 107 Å². The number of nitrogens with one attached hydrogen (secondary N) is 1. The summed E-state index contributed by atoms with van der Waals surface area (Å²) in [4.78, 5) is 11.9. The number of hydrogen-bond acceptors (Lipinski definition) is 2.